The Bertz CT molecular complexity index is 597. The highest BCUT2D eigenvalue weighted by atomic mass is 16.3. The summed E-state index contributed by atoms with van der Waals surface area (Å²) in [6, 6.07) is 12.8. The van der Waals surface area contributed by atoms with Gasteiger partial charge in [0.1, 0.15) is 11.8 Å². The molecule has 1 aromatic carbocycles. The number of amides is 1. The van der Waals surface area contributed by atoms with E-state index in [1.165, 1.54) is 4.90 Å². The van der Waals surface area contributed by atoms with Crippen LogP contribution < -0.4 is 4.90 Å². The summed E-state index contributed by atoms with van der Waals surface area (Å²) in [7, 11) is 1.68. The van der Waals surface area contributed by atoms with Crippen LogP contribution in [0.25, 0.3) is 0 Å². The monoisotopic (exact) mass is 254 g/mol. The smallest absolute Gasteiger partial charge is 0.227 e. The summed E-state index contributed by atoms with van der Waals surface area (Å²) in [6.45, 7) is 0. The van der Waals surface area contributed by atoms with Crippen molar-refractivity contribution in [3.05, 3.63) is 54.0 Å². The van der Waals surface area contributed by atoms with Crippen LogP contribution in [0.5, 0.6) is 0 Å². The van der Waals surface area contributed by atoms with Crippen LogP contribution in [0.1, 0.15) is 17.7 Å². The van der Waals surface area contributed by atoms with Crippen molar-refractivity contribution in [1.82, 2.24) is 0 Å². The maximum atomic E-state index is 12.1. The lowest BCUT2D eigenvalue weighted by atomic mass is 10.1. The van der Waals surface area contributed by atoms with E-state index in [2.05, 4.69) is 6.07 Å². The van der Waals surface area contributed by atoms with Gasteiger partial charge in [0.15, 0.2) is 0 Å². The van der Waals surface area contributed by atoms with Gasteiger partial charge in [0, 0.05) is 19.9 Å². The molecule has 0 N–H and O–H groups in total. The molecule has 96 valence electrons. The average molecular weight is 254 g/mol. The standard InChI is InChI=1S/C15H14N2O2/c1-17(14-7-3-2-5-12(14)11-16)15(18)9-8-13-6-4-10-19-13/h2-7,10H,8-9H2,1H3. The molecule has 0 radical (unpaired) electrons. The van der Waals surface area contributed by atoms with Gasteiger partial charge in [-0.1, -0.05) is 12.1 Å². The number of anilines is 1. The molecule has 0 aliphatic heterocycles. The van der Waals surface area contributed by atoms with Crippen molar-refractivity contribution >= 4 is 11.6 Å². The molecule has 2 aromatic rings. The normalized spacial score (nSPS) is 9.89. The lowest BCUT2D eigenvalue weighted by molar-refractivity contribution is -0.118. The number of nitrogens with zero attached hydrogens (tertiary/aromatic N) is 2. The number of hydrogen-bond donors (Lipinski definition) is 0. The molecule has 0 aliphatic rings. The number of furan rings is 1. The SMILES string of the molecule is CN(C(=O)CCc1ccco1)c1ccccc1C#N. The van der Waals surface area contributed by atoms with Crippen LogP contribution in [0, 0.1) is 11.3 Å². The van der Waals surface area contributed by atoms with E-state index in [1.54, 1.807) is 37.6 Å². The van der Waals surface area contributed by atoms with Crippen molar-refractivity contribution in [1.29, 1.82) is 5.26 Å². The minimum absolute atomic E-state index is 0.0425. The number of benzene rings is 1. The average Bonchev–Trinajstić information content (AvgIpc) is 2.97. The van der Waals surface area contributed by atoms with Crippen LogP contribution in [0.4, 0.5) is 5.69 Å². The van der Waals surface area contributed by atoms with Crippen molar-refractivity contribution < 1.29 is 9.21 Å². The topological polar surface area (TPSA) is 57.2 Å². The first-order valence-electron chi connectivity index (χ1n) is 6.00. The lowest BCUT2D eigenvalue weighted by Gasteiger charge is -2.18. The summed E-state index contributed by atoms with van der Waals surface area (Å²) in [5.41, 5.74) is 1.13. The fourth-order valence-electron chi connectivity index (χ4n) is 1.85. The molecular formula is C15H14N2O2. The van der Waals surface area contributed by atoms with Crippen LogP contribution in [-0.2, 0) is 11.2 Å². The molecular weight excluding hydrogens is 240 g/mol. The van der Waals surface area contributed by atoms with Crippen molar-refractivity contribution in [2.75, 3.05) is 11.9 Å². The zero-order valence-corrected chi connectivity index (χ0v) is 10.7. The second kappa shape index (κ2) is 5.87. The van der Waals surface area contributed by atoms with Gasteiger partial charge in [0.2, 0.25) is 5.91 Å². The van der Waals surface area contributed by atoms with E-state index in [-0.39, 0.29) is 5.91 Å². The highest BCUT2D eigenvalue weighted by Gasteiger charge is 2.14. The molecule has 0 saturated carbocycles. The Hall–Kier alpha value is -2.54. The number of hydrogen-bond acceptors (Lipinski definition) is 3. The van der Waals surface area contributed by atoms with E-state index >= 15 is 0 Å². The van der Waals surface area contributed by atoms with Gasteiger partial charge in [-0.2, -0.15) is 5.26 Å². The van der Waals surface area contributed by atoms with E-state index in [4.69, 9.17) is 9.68 Å². The van der Waals surface area contributed by atoms with Gasteiger partial charge < -0.3 is 9.32 Å². The van der Waals surface area contributed by atoms with Crippen LogP contribution in [0.2, 0.25) is 0 Å². The number of aryl methyl sites for hydroxylation is 1. The molecule has 2 rings (SSSR count). The van der Waals surface area contributed by atoms with Crippen molar-refractivity contribution in [2.24, 2.45) is 0 Å². The summed E-state index contributed by atoms with van der Waals surface area (Å²) < 4.78 is 5.19. The number of nitriles is 1. The fourth-order valence-corrected chi connectivity index (χ4v) is 1.85. The predicted octanol–water partition coefficient (Wildman–Crippen LogP) is 2.75. The number of para-hydroxylation sites is 1. The third kappa shape index (κ3) is 3.02. The van der Waals surface area contributed by atoms with Gasteiger partial charge in [-0.25, -0.2) is 0 Å². The van der Waals surface area contributed by atoms with E-state index < -0.39 is 0 Å². The third-order valence-corrected chi connectivity index (χ3v) is 2.93. The molecule has 0 atom stereocenters. The van der Waals surface area contributed by atoms with E-state index in [9.17, 15) is 4.79 Å². The molecule has 0 unspecified atom stereocenters. The molecule has 0 spiro atoms. The minimum atomic E-state index is -0.0425. The maximum Gasteiger partial charge on any atom is 0.227 e. The second-order valence-corrected chi connectivity index (χ2v) is 4.16. The maximum absolute atomic E-state index is 12.1. The van der Waals surface area contributed by atoms with Crippen LogP contribution in [0.15, 0.2) is 47.1 Å². The van der Waals surface area contributed by atoms with Gasteiger partial charge in [0.25, 0.3) is 0 Å². The number of carbonyl (C=O) groups excluding carboxylic acids is 1. The molecule has 0 saturated heterocycles. The number of carbonyl (C=O) groups is 1. The van der Waals surface area contributed by atoms with Crippen LogP contribution in [0.3, 0.4) is 0 Å². The van der Waals surface area contributed by atoms with E-state index in [1.807, 2.05) is 12.1 Å². The molecule has 0 aliphatic carbocycles. The van der Waals surface area contributed by atoms with Crippen LogP contribution >= 0.6 is 0 Å². The zero-order chi connectivity index (χ0) is 13.7. The van der Waals surface area contributed by atoms with E-state index in [0.717, 1.165) is 5.76 Å². The number of rotatable bonds is 4. The van der Waals surface area contributed by atoms with Gasteiger partial charge in [0.05, 0.1) is 17.5 Å². The quantitative estimate of drug-likeness (QED) is 0.843. The molecule has 4 nitrogen and oxygen atoms in total. The molecule has 4 heteroatoms. The predicted molar refractivity (Wildman–Crippen MR) is 71.6 cm³/mol. The first-order valence-corrected chi connectivity index (χ1v) is 6.00. The largest absolute Gasteiger partial charge is 0.469 e. The van der Waals surface area contributed by atoms with Crippen molar-refractivity contribution in [3.63, 3.8) is 0 Å². The Labute approximate surface area is 111 Å². The zero-order valence-electron chi connectivity index (χ0n) is 10.7. The Morgan fingerprint density at radius 2 is 2.11 bits per heavy atom. The first kappa shape index (κ1) is 12.9. The van der Waals surface area contributed by atoms with Gasteiger partial charge in [-0.05, 0) is 24.3 Å². The fraction of sp³-hybridized carbons (Fsp3) is 0.200. The Balaban J connectivity index is 2.05. The Morgan fingerprint density at radius 3 is 2.79 bits per heavy atom. The summed E-state index contributed by atoms with van der Waals surface area (Å²) >= 11 is 0. The molecule has 0 fully saturated rings. The third-order valence-electron chi connectivity index (χ3n) is 2.93. The molecule has 1 heterocycles. The van der Waals surface area contributed by atoms with Crippen molar-refractivity contribution in [3.8, 4) is 6.07 Å². The molecule has 1 amide bonds. The van der Waals surface area contributed by atoms with Gasteiger partial charge >= 0.3 is 0 Å². The highest BCUT2D eigenvalue weighted by molar-refractivity contribution is 5.94. The summed E-state index contributed by atoms with van der Waals surface area (Å²) in [5.74, 6) is 0.745. The molecule has 19 heavy (non-hydrogen) atoms. The molecule has 0 bridgehead atoms. The molecule has 1 aromatic heterocycles. The van der Waals surface area contributed by atoms with Gasteiger partial charge in [-0.15, -0.1) is 0 Å². The summed E-state index contributed by atoms with van der Waals surface area (Å²) in [6.07, 6.45) is 2.50. The van der Waals surface area contributed by atoms with Gasteiger partial charge in [-0.3, -0.25) is 4.79 Å². The Kier molecular flexibility index (Phi) is 3.99. The minimum Gasteiger partial charge on any atom is -0.469 e. The lowest BCUT2D eigenvalue weighted by Crippen LogP contribution is -2.27. The summed E-state index contributed by atoms with van der Waals surface area (Å²) in [5, 5.41) is 9.03. The Morgan fingerprint density at radius 1 is 1.32 bits per heavy atom. The highest BCUT2D eigenvalue weighted by Crippen LogP contribution is 2.19. The second-order valence-electron chi connectivity index (χ2n) is 4.16. The van der Waals surface area contributed by atoms with E-state index in [0.29, 0.717) is 24.1 Å². The first-order chi connectivity index (χ1) is 9.22. The van der Waals surface area contributed by atoms with Crippen molar-refractivity contribution in [2.45, 2.75) is 12.8 Å². The van der Waals surface area contributed by atoms with Crippen LogP contribution in [-0.4, -0.2) is 13.0 Å². The summed E-state index contributed by atoms with van der Waals surface area (Å²) in [4.78, 5) is 13.6.